The number of aliphatic hydroxyl groups excluding tert-OH is 2. The second-order valence-corrected chi connectivity index (χ2v) is 7.21. The summed E-state index contributed by atoms with van der Waals surface area (Å²) in [5, 5.41) is 20.6. The number of hydrogen-bond acceptors (Lipinski definition) is 8. The third kappa shape index (κ3) is 5.03. The lowest BCUT2D eigenvalue weighted by Gasteiger charge is -2.44. The topological polar surface area (TPSA) is 106 Å². The van der Waals surface area contributed by atoms with Gasteiger partial charge in [0.05, 0.1) is 17.2 Å². The van der Waals surface area contributed by atoms with Gasteiger partial charge in [-0.1, -0.05) is 36.4 Å². The Labute approximate surface area is 174 Å². The summed E-state index contributed by atoms with van der Waals surface area (Å²) in [5.41, 5.74) is 0.687. The number of benzene rings is 2. The molecule has 0 saturated carbocycles. The van der Waals surface area contributed by atoms with Crippen LogP contribution in [0.5, 0.6) is 0 Å². The molecule has 0 aromatic heterocycles. The molecule has 1 fully saturated rings. The van der Waals surface area contributed by atoms with Crippen molar-refractivity contribution in [2.24, 2.45) is 0 Å². The number of esters is 2. The first kappa shape index (κ1) is 21.9. The Hall–Kier alpha value is -2.78. The number of hydrogen-bond donors (Lipinski definition) is 2. The van der Waals surface area contributed by atoms with E-state index in [1.54, 1.807) is 79.7 Å². The van der Waals surface area contributed by atoms with Gasteiger partial charge in [0, 0.05) is 0 Å². The molecule has 0 aliphatic carbocycles. The molecule has 0 amide bonds. The summed E-state index contributed by atoms with van der Waals surface area (Å²) >= 11 is 0. The van der Waals surface area contributed by atoms with Gasteiger partial charge in [0.25, 0.3) is 0 Å². The van der Waals surface area contributed by atoms with Gasteiger partial charge in [-0.3, -0.25) is 0 Å². The lowest BCUT2D eigenvalue weighted by atomic mass is 9.95. The number of aliphatic hydroxyl groups is 2. The average molecular weight is 415 g/mol. The lowest BCUT2D eigenvalue weighted by Crippen LogP contribution is -2.64. The molecular weight excluding hydrogens is 390 g/mol. The summed E-state index contributed by atoms with van der Waals surface area (Å²) < 4.78 is 16.4. The molecule has 5 atom stereocenters. The SMILES string of the molecule is CN(C)C1C(O)[C@H](O)OC(COC(=O)c2ccccc2)[C@H]1OC(=O)c1ccccc1. The summed E-state index contributed by atoms with van der Waals surface area (Å²) in [6.45, 7) is -0.269. The van der Waals surface area contributed by atoms with Crippen molar-refractivity contribution in [3.8, 4) is 0 Å². The third-order valence-corrected chi connectivity index (χ3v) is 4.90. The van der Waals surface area contributed by atoms with Crippen LogP contribution in [0, 0.1) is 0 Å². The molecule has 3 rings (SSSR count). The van der Waals surface area contributed by atoms with Crippen LogP contribution in [0.3, 0.4) is 0 Å². The number of ether oxygens (including phenoxy) is 3. The minimum atomic E-state index is -1.52. The molecule has 3 unspecified atom stereocenters. The lowest BCUT2D eigenvalue weighted by molar-refractivity contribution is -0.272. The quantitative estimate of drug-likeness (QED) is 0.676. The smallest absolute Gasteiger partial charge is 0.338 e. The number of carbonyl (C=O) groups is 2. The standard InChI is InChI=1S/C22H25NO7/c1-23(2)17-18(24)22(27)29-16(13-28-20(25)14-9-5-3-6-10-14)19(17)30-21(26)15-11-7-4-8-12-15/h3-12,16-19,22,24,27H,13H2,1-2H3/t16?,17?,18?,19-,22-/m1/s1. The molecule has 1 heterocycles. The van der Waals surface area contributed by atoms with Crippen molar-refractivity contribution in [1.82, 2.24) is 4.90 Å². The van der Waals surface area contributed by atoms with Crippen molar-refractivity contribution in [1.29, 1.82) is 0 Å². The van der Waals surface area contributed by atoms with Gasteiger partial charge >= 0.3 is 11.9 Å². The Morgan fingerprint density at radius 2 is 1.47 bits per heavy atom. The first-order valence-corrected chi connectivity index (χ1v) is 9.54. The van der Waals surface area contributed by atoms with Crippen molar-refractivity contribution >= 4 is 11.9 Å². The van der Waals surface area contributed by atoms with Crippen molar-refractivity contribution in [3.63, 3.8) is 0 Å². The normalized spacial score (nSPS) is 26.2. The van der Waals surface area contributed by atoms with Crippen LogP contribution in [-0.4, -0.2) is 78.4 Å². The highest BCUT2D eigenvalue weighted by Gasteiger charge is 2.48. The van der Waals surface area contributed by atoms with Gasteiger partial charge in [-0.2, -0.15) is 0 Å². The van der Waals surface area contributed by atoms with Gasteiger partial charge in [-0.05, 0) is 38.4 Å². The summed E-state index contributed by atoms with van der Waals surface area (Å²) in [5.74, 6) is -1.19. The zero-order chi connectivity index (χ0) is 21.7. The fourth-order valence-corrected chi connectivity index (χ4v) is 3.38. The molecule has 1 aliphatic rings. The highest BCUT2D eigenvalue weighted by Crippen LogP contribution is 2.27. The molecule has 2 aromatic carbocycles. The Morgan fingerprint density at radius 1 is 0.933 bits per heavy atom. The average Bonchev–Trinajstić information content (AvgIpc) is 2.75. The summed E-state index contributed by atoms with van der Waals surface area (Å²) in [7, 11) is 3.37. The van der Waals surface area contributed by atoms with Crippen molar-refractivity contribution in [3.05, 3.63) is 71.8 Å². The molecule has 2 N–H and O–H groups in total. The van der Waals surface area contributed by atoms with E-state index in [0.29, 0.717) is 11.1 Å². The van der Waals surface area contributed by atoms with Crippen LogP contribution in [0.2, 0.25) is 0 Å². The van der Waals surface area contributed by atoms with Crippen molar-refractivity contribution in [2.75, 3.05) is 20.7 Å². The van der Waals surface area contributed by atoms with Crippen molar-refractivity contribution in [2.45, 2.75) is 30.6 Å². The highest BCUT2D eigenvalue weighted by atomic mass is 16.7. The molecule has 0 radical (unpaired) electrons. The Balaban J connectivity index is 1.78. The number of rotatable bonds is 6. The minimum absolute atomic E-state index is 0.269. The van der Waals surface area contributed by atoms with Crippen LogP contribution in [-0.2, 0) is 14.2 Å². The van der Waals surface area contributed by atoms with Gasteiger partial charge in [-0.15, -0.1) is 0 Å². The first-order valence-electron chi connectivity index (χ1n) is 9.54. The number of likely N-dealkylation sites (N-methyl/N-ethyl adjacent to an activating group) is 1. The molecule has 0 bridgehead atoms. The predicted octanol–water partition coefficient (Wildman–Crippen LogP) is 1.08. The Morgan fingerprint density at radius 3 is 2.00 bits per heavy atom. The van der Waals surface area contributed by atoms with E-state index < -0.39 is 42.6 Å². The van der Waals surface area contributed by atoms with Crippen molar-refractivity contribution < 1.29 is 34.0 Å². The molecule has 0 spiro atoms. The zero-order valence-electron chi connectivity index (χ0n) is 16.8. The van der Waals surface area contributed by atoms with Crippen LogP contribution < -0.4 is 0 Å². The van der Waals surface area contributed by atoms with E-state index in [4.69, 9.17) is 14.2 Å². The monoisotopic (exact) mass is 415 g/mol. The maximum Gasteiger partial charge on any atom is 0.338 e. The molecule has 30 heavy (non-hydrogen) atoms. The van der Waals surface area contributed by atoms with Crippen LogP contribution in [0.1, 0.15) is 20.7 Å². The van der Waals surface area contributed by atoms with Crippen LogP contribution >= 0.6 is 0 Å². The fraction of sp³-hybridized carbons (Fsp3) is 0.364. The van der Waals surface area contributed by atoms with E-state index in [0.717, 1.165) is 0 Å². The van der Waals surface area contributed by atoms with E-state index in [-0.39, 0.29) is 6.61 Å². The first-order chi connectivity index (χ1) is 14.4. The third-order valence-electron chi connectivity index (χ3n) is 4.90. The highest BCUT2D eigenvalue weighted by molar-refractivity contribution is 5.90. The molecular formula is C22H25NO7. The van der Waals surface area contributed by atoms with E-state index in [1.165, 1.54) is 0 Å². The van der Waals surface area contributed by atoms with Crippen LogP contribution in [0.15, 0.2) is 60.7 Å². The molecule has 8 nitrogen and oxygen atoms in total. The molecule has 1 aliphatic heterocycles. The second-order valence-electron chi connectivity index (χ2n) is 7.21. The van der Waals surface area contributed by atoms with Gasteiger partial charge in [-0.25, -0.2) is 9.59 Å². The van der Waals surface area contributed by atoms with Gasteiger partial charge in [0.15, 0.2) is 6.29 Å². The van der Waals surface area contributed by atoms with E-state index in [9.17, 15) is 19.8 Å². The fourth-order valence-electron chi connectivity index (χ4n) is 3.38. The van der Waals surface area contributed by atoms with Gasteiger partial charge in [0.2, 0.25) is 0 Å². The maximum atomic E-state index is 12.6. The Kier molecular flexibility index (Phi) is 7.17. The zero-order valence-corrected chi connectivity index (χ0v) is 16.8. The maximum absolute atomic E-state index is 12.6. The Bertz CT molecular complexity index is 843. The van der Waals surface area contributed by atoms with E-state index >= 15 is 0 Å². The molecule has 1 saturated heterocycles. The molecule has 2 aromatic rings. The van der Waals surface area contributed by atoms with Gasteiger partial charge in [0.1, 0.15) is 24.9 Å². The second kappa shape index (κ2) is 9.82. The van der Waals surface area contributed by atoms with Crippen LogP contribution in [0.25, 0.3) is 0 Å². The largest absolute Gasteiger partial charge is 0.459 e. The number of nitrogens with zero attached hydrogens (tertiary/aromatic N) is 1. The molecule has 8 heteroatoms. The summed E-state index contributed by atoms with van der Waals surface area (Å²) in [4.78, 5) is 26.5. The summed E-state index contributed by atoms with van der Waals surface area (Å²) in [6.07, 6.45) is -4.81. The summed E-state index contributed by atoms with van der Waals surface area (Å²) in [6, 6.07) is 16.0. The van der Waals surface area contributed by atoms with E-state index in [1.807, 2.05) is 0 Å². The minimum Gasteiger partial charge on any atom is -0.459 e. The van der Waals surface area contributed by atoms with E-state index in [2.05, 4.69) is 0 Å². The van der Waals surface area contributed by atoms with Gasteiger partial charge < -0.3 is 29.3 Å². The predicted molar refractivity (Wildman–Crippen MR) is 107 cm³/mol. The van der Waals surface area contributed by atoms with Crippen LogP contribution in [0.4, 0.5) is 0 Å². The number of carbonyl (C=O) groups excluding carboxylic acids is 2. The molecule has 160 valence electrons.